The van der Waals surface area contributed by atoms with Gasteiger partial charge in [-0.3, -0.25) is 4.90 Å². The molecule has 3 aromatic carbocycles. The van der Waals surface area contributed by atoms with Crippen molar-refractivity contribution >= 4 is 22.5 Å². The number of hydrogen-bond acceptors (Lipinski definition) is 6. The molecule has 6 nitrogen and oxygen atoms in total. The molecule has 2 aliphatic rings. The molecule has 2 aliphatic heterocycles. The molecule has 0 saturated heterocycles. The standard InChI is InChI=1S/C25H24FNO5S.ClH/c1-30-19-7-8-21-17(12-19)10-11-27-15-22-16(13-23(21)27)6-9-24(31-2)25(22)32-33(28,29)20-5-3-4-18(26)14-20;/h3-9,12,14,23H,10-11,13,15H2,1-2H3;1H/t23-;/m1./s1. The van der Waals surface area contributed by atoms with Crippen molar-refractivity contribution in [2.24, 2.45) is 0 Å². The number of ether oxygens (including phenoxy) is 2. The van der Waals surface area contributed by atoms with Crippen LogP contribution in [-0.2, 0) is 29.5 Å². The van der Waals surface area contributed by atoms with Crippen LogP contribution < -0.4 is 13.7 Å². The summed E-state index contributed by atoms with van der Waals surface area (Å²) in [5.41, 5.74) is 4.32. The van der Waals surface area contributed by atoms with Crippen molar-refractivity contribution in [1.82, 2.24) is 4.90 Å². The fraction of sp³-hybridized carbons (Fsp3) is 0.280. The Morgan fingerprint density at radius 3 is 2.56 bits per heavy atom. The lowest BCUT2D eigenvalue weighted by atomic mass is 9.83. The molecular formula is C25H25ClFNO5S. The maximum Gasteiger partial charge on any atom is 0.339 e. The molecule has 0 saturated carbocycles. The van der Waals surface area contributed by atoms with Gasteiger partial charge in [0.25, 0.3) is 0 Å². The van der Waals surface area contributed by atoms with E-state index in [2.05, 4.69) is 17.0 Å². The second-order valence-electron chi connectivity index (χ2n) is 8.23. The second kappa shape index (κ2) is 9.44. The van der Waals surface area contributed by atoms with Gasteiger partial charge in [-0.25, -0.2) is 4.39 Å². The predicted molar refractivity (Wildman–Crippen MR) is 128 cm³/mol. The average Bonchev–Trinajstić information content (AvgIpc) is 2.82. The van der Waals surface area contributed by atoms with Crippen molar-refractivity contribution in [3.63, 3.8) is 0 Å². The highest BCUT2D eigenvalue weighted by atomic mass is 35.5. The van der Waals surface area contributed by atoms with Gasteiger partial charge in [0, 0.05) is 24.7 Å². The van der Waals surface area contributed by atoms with E-state index in [9.17, 15) is 12.8 Å². The Morgan fingerprint density at radius 2 is 1.82 bits per heavy atom. The molecule has 0 N–H and O–H groups in total. The minimum atomic E-state index is -4.24. The highest BCUT2D eigenvalue weighted by molar-refractivity contribution is 7.87. The van der Waals surface area contributed by atoms with Crippen LogP contribution in [0.25, 0.3) is 0 Å². The summed E-state index contributed by atoms with van der Waals surface area (Å²) in [5.74, 6) is 0.696. The third-order valence-electron chi connectivity index (χ3n) is 6.41. The van der Waals surface area contributed by atoms with Crippen LogP contribution in [0.15, 0.2) is 59.5 Å². The van der Waals surface area contributed by atoms with Gasteiger partial charge in [0.1, 0.15) is 16.5 Å². The van der Waals surface area contributed by atoms with E-state index in [1.807, 2.05) is 12.1 Å². The number of methoxy groups -OCH3 is 2. The minimum absolute atomic E-state index is 0. The highest BCUT2D eigenvalue weighted by Gasteiger charge is 2.35. The van der Waals surface area contributed by atoms with E-state index in [-0.39, 0.29) is 29.1 Å². The number of nitrogens with zero attached hydrogens (tertiary/aromatic N) is 1. The Labute approximate surface area is 204 Å². The van der Waals surface area contributed by atoms with E-state index in [0.717, 1.165) is 42.3 Å². The van der Waals surface area contributed by atoms with Crippen molar-refractivity contribution < 1.29 is 26.5 Å². The van der Waals surface area contributed by atoms with E-state index in [0.29, 0.717) is 12.3 Å². The summed E-state index contributed by atoms with van der Waals surface area (Å²) in [6.45, 7) is 1.36. The van der Waals surface area contributed by atoms with Gasteiger partial charge in [-0.2, -0.15) is 8.42 Å². The minimum Gasteiger partial charge on any atom is -0.497 e. The SMILES string of the molecule is COc1ccc2c(c1)CCN1Cc3c(ccc(OC)c3OS(=O)(=O)c3cccc(F)c3)C[C@H]21.Cl. The van der Waals surface area contributed by atoms with Crippen molar-refractivity contribution in [2.45, 2.75) is 30.3 Å². The fourth-order valence-corrected chi connectivity index (χ4v) is 5.75. The zero-order valence-corrected chi connectivity index (χ0v) is 20.4. The summed E-state index contributed by atoms with van der Waals surface area (Å²) >= 11 is 0. The number of hydrogen-bond donors (Lipinski definition) is 0. The maximum atomic E-state index is 13.7. The normalized spacial score (nSPS) is 17.0. The summed E-state index contributed by atoms with van der Waals surface area (Å²) in [5, 5.41) is 0. The molecule has 180 valence electrons. The molecule has 0 bridgehead atoms. The largest absolute Gasteiger partial charge is 0.497 e. The first-order chi connectivity index (χ1) is 15.9. The van der Waals surface area contributed by atoms with E-state index in [1.54, 1.807) is 13.2 Å². The van der Waals surface area contributed by atoms with E-state index in [4.69, 9.17) is 13.7 Å². The van der Waals surface area contributed by atoms with Crippen molar-refractivity contribution in [3.8, 4) is 17.2 Å². The van der Waals surface area contributed by atoms with Gasteiger partial charge < -0.3 is 13.7 Å². The first kappa shape index (κ1) is 24.3. The molecule has 0 amide bonds. The topological polar surface area (TPSA) is 65.1 Å². The molecule has 0 fully saturated rings. The molecule has 0 spiro atoms. The van der Waals surface area contributed by atoms with E-state index in [1.165, 1.54) is 36.4 Å². The van der Waals surface area contributed by atoms with E-state index < -0.39 is 15.9 Å². The van der Waals surface area contributed by atoms with Crippen LogP contribution in [-0.4, -0.2) is 34.1 Å². The zero-order valence-electron chi connectivity index (χ0n) is 18.8. The molecule has 0 radical (unpaired) electrons. The summed E-state index contributed by atoms with van der Waals surface area (Å²) in [6.07, 6.45) is 1.59. The fourth-order valence-electron chi connectivity index (χ4n) is 4.75. The summed E-state index contributed by atoms with van der Waals surface area (Å²) in [4.78, 5) is 2.09. The highest BCUT2D eigenvalue weighted by Crippen LogP contribution is 2.45. The van der Waals surface area contributed by atoms with Gasteiger partial charge >= 0.3 is 10.1 Å². The Morgan fingerprint density at radius 1 is 1.00 bits per heavy atom. The van der Waals surface area contributed by atoms with Crippen molar-refractivity contribution in [2.75, 3.05) is 20.8 Å². The van der Waals surface area contributed by atoms with Crippen LogP contribution in [0.4, 0.5) is 4.39 Å². The first-order valence-corrected chi connectivity index (χ1v) is 12.1. The van der Waals surface area contributed by atoms with Crippen LogP contribution in [0.3, 0.4) is 0 Å². The quantitative estimate of drug-likeness (QED) is 0.469. The third-order valence-corrected chi connectivity index (χ3v) is 7.63. The molecule has 9 heteroatoms. The van der Waals surface area contributed by atoms with Gasteiger partial charge in [0.05, 0.1) is 14.2 Å². The monoisotopic (exact) mass is 505 g/mol. The first-order valence-electron chi connectivity index (χ1n) is 10.7. The van der Waals surface area contributed by atoms with Gasteiger partial charge in [-0.1, -0.05) is 18.2 Å². The van der Waals surface area contributed by atoms with Crippen LogP contribution >= 0.6 is 12.4 Å². The maximum absolute atomic E-state index is 13.7. The Hall–Kier alpha value is -2.81. The molecule has 0 aromatic heterocycles. The molecule has 0 aliphatic carbocycles. The molecular weight excluding hydrogens is 481 g/mol. The van der Waals surface area contributed by atoms with Crippen molar-refractivity contribution in [1.29, 1.82) is 0 Å². The van der Waals surface area contributed by atoms with Crippen LogP contribution in [0.5, 0.6) is 17.2 Å². The smallest absolute Gasteiger partial charge is 0.339 e. The van der Waals surface area contributed by atoms with Crippen LogP contribution in [0, 0.1) is 5.82 Å². The number of fused-ring (bicyclic) bond motifs is 4. The molecule has 34 heavy (non-hydrogen) atoms. The molecule has 0 unspecified atom stereocenters. The molecule has 5 rings (SSSR count). The van der Waals surface area contributed by atoms with Gasteiger partial charge in [-0.05, 0) is 65.9 Å². The number of halogens is 2. The Kier molecular flexibility index (Phi) is 6.75. The Bertz CT molecular complexity index is 1330. The number of benzene rings is 3. The van der Waals surface area contributed by atoms with Crippen LogP contribution in [0.2, 0.25) is 0 Å². The summed E-state index contributed by atoms with van der Waals surface area (Å²) in [7, 11) is -1.10. The zero-order chi connectivity index (χ0) is 23.2. The molecule has 2 heterocycles. The van der Waals surface area contributed by atoms with E-state index >= 15 is 0 Å². The third kappa shape index (κ3) is 4.33. The van der Waals surface area contributed by atoms with Gasteiger partial charge in [0.2, 0.25) is 0 Å². The average molecular weight is 506 g/mol. The van der Waals surface area contributed by atoms with Gasteiger partial charge in [0.15, 0.2) is 11.5 Å². The van der Waals surface area contributed by atoms with Crippen LogP contribution in [0.1, 0.15) is 28.3 Å². The Balaban J connectivity index is 0.00000274. The lowest BCUT2D eigenvalue weighted by Crippen LogP contribution is -2.39. The molecule has 3 aromatic rings. The summed E-state index contributed by atoms with van der Waals surface area (Å²) in [6, 6.07) is 14.9. The predicted octanol–water partition coefficient (Wildman–Crippen LogP) is 4.69. The number of rotatable bonds is 5. The van der Waals surface area contributed by atoms with Crippen molar-refractivity contribution in [3.05, 3.63) is 82.7 Å². The lowest BCUT2D eigenvalue weighted by Gasteiger charge is -2.42. The van der Waals surface area contributed by atoms with Gasteiger partial charge in [-0.15, -0.1) is 12.4 Å². The second-order valence-corrected chi connectivity index (χ2v) is 9.78. The summed E-state index contributed by atoms with van der Waals surface area (Å²) < 4.78 is 55.9. The molecule has 1 atom stereocenters. The lowest BCUT2D eigenvalue weighted by molar-refractivity contribution is 0.159.